The van der Waals surface area contributed by atoms with E-state index in [-0.39, 0.29) is 5.91 Å². The highest BCUT2D eigenvalue weighted by Crippen LogP contribution is 2.57. The van der Waals surface area contributed by atoms with Crippen LogP contribution < -0.4 is 10.6 Å². The summed E-state index contributed by atoms with van der Waals surface area (Å²) in [5.74, 6) is 0.832. The number of carbonyl (C=O) groups excluding carboxylic acids is 1. The summed E-state index contributed by atoms with van der Waals surface area (Å²) in [5.41, 5.74) is 5.64. The predicted octanol–water partition coefficient (Wildman–Crippen LogP) is 6.32. The number of nitrogens with zero attached hydrogens (tertiary/aromatic N) is 2. The van der Waals surface area contributed by atoms with Crippen LogP contribution in [-0.2, 0) is 16.6 Å². The van der Waals surface area contributed by atoms with E-state index < -0.39 is 5.41 Å². The number of aromatic nitrogens is 2. The van der Waals surface area contributed by atoms with Crippen LogP contribution in [0.25, 0.3) is 16.5 Å². The third-order valence-corrected chi connectivity index (χ3v) is 7.30. The third-order valence-electron chi connectivity index (χ3n) is 7.30. The monoisotopic (exact) mass is 456 g/mol. The molecule has 1 atom stereocenters. The lowest BCUT2D eigenvalue weighted by molar-refractivity contribution is -0.118. The van der Waals surface area contributed by atoms with Crippen LogP contribution in [0.15, 0.2) is 91.0 Å². The highest BCUT2D eigenvalue weighted by Gasteiger charge is 2.56. The quantitative estimate of drug-likeness (QED) is 0.334. The number of anilines is 3. The van der Waals surface area contributed by atoms with E-state index in [9.17, 15) is 4.79 Å². The molecule has 0 fully saturated rings. The molecule has 2 N–H and O–H groups in total. The van der Waals surface area contributed by atoms with Gasteiger partial charge in [0, 0.05) is 28.1 Å². The van der Waals surface area contributed by atoms with Gasteiger partial charge >= 0.3 is 0 Å². The van der Waals surface area contributed by atoms with Gasteiger partial charge in [-0.3, -0.25) is 4.79 Å². The SMILES string of the molecule is CCCc1nn(-c2ccccc2)c2c1C1(C(=O)Nc3ccccc31)c1c(ccc3ccccc13)N2. The topological polar surface area (TPSA) is 59.0 Å². The number of hydrogen-bond donors (Lipinski definition) is 2. The number of carbonyl (C=O) groups is 1. The first kappa shape index (κ1) is 20.0. The fourth-order valence-corrected chi connectivity index (χ4v) is 5.93. The lowest BCUT2D eigenvalue weighted by Crippen LogP contribution is -2.41. The number of amides is 1. The summed E-state index contributed by atoms with van der Waals surface area (Å²) in [6, 6.07) is 30.8. The molecule has 3 heterocycles. The fraction of sp³-hybridized carbons (Fsp3) is 0.133. The number of aryl methyl sites for hydroxylation is 1. The Labute approximate surface area is 203 Å². The number of rotatable bonds is 3. The van der Waals surface area contributed by atoms with Gasteiger partial charge in [-0.25, -0.2) is 4.68 Å². The Morgan fingerprint density at radius 2 is 1.57 bits per heavy atom. The minimum absolute atomic E-state index is 0.0241. The van der Waals surface area contributed by atoms with Crippen molar-refractivity contribution >= 4 is 33.9 Å². The Morgan fingerprint density at radius 3 is 2.43 bits per heavy atom. The molecule has 35 heavy (non-hydrogen) atoms. The largest absolute Gasteiger partial charge is 0.340 e. The normalized spacial score (nSPS) is 17.6. The molecule has 0 aliphatic carbocycles. The highest BCUT2D eigenvalue weighted by molar-refractivity contribution is 6.17. The molecular formula is C30H24N4O. The van der Waals surface area contributed by atoms with E-state index in [0.717, 1.165) is 68.9 Å². The Balaban J connectivity index is 1.67. The van der Waals surface area contributed by atoms with Gasteiger partial charge < -0.3 is 10.6 Å². The van der Waals surface area contributed by atoms with Crippen LogP contribution in [-0.4, -0.2) is 15.7 Å². The summed E-state index contributed by atoms with van der Waals surface area (Å²) in [4.78, 5) is 14.3. The summed E-state index contributed by atoms with van der Waals surface area (Å²) in [6.07, 6.45) is 1.71. The molecule has 1 aromatic heterocycles. The van der Waals surface area contributed by atoms with Crippen LogP contribution >= 0.6 is 0 Å². The van der Waals surface area contributed by atoms with Gasteiger partial charge in [-0.05, 0) is 41.5 Å². The van der Waals surface area contributed by atoms with Crippen molar-refractivity contribution in [2.75, 3.05) is 10.6 Å². The second-order valence-corrected chi connectivity index (χ2v) is 9.25. The third kappa shape index (κ3) is 2.58. The second-order valence-electron chi connectivity index (χ2n) is 9.25. The predicted molar refractivity (Wildman–Crippen MR) is 140 cm³/mol. The number of fused-ring (bicyclic) bond motifs is 8. The molecule has 5 heteroatoms. The van der Waals surface area contributed by atoms with Crippen LogP contribution in [0.5, 0.6) is 0 Å². The lowest BCUT2D eigenvalue weighted by Gasteiger charge is -2.37. The smallest absolute Gasteiger partial charge is 0.244 e. The van der Waals surface area contributed by atoms with E-state index in [4.69, 9.17) is 5.10 Å². The number of nitrogens with one attached hydrogen (secondary N) is 2. The van der Waals surface area contributed by atoms with Gasteiger partial charge in [-0.1, -0.05) is 80.1 Å². The Bertz CT molecular complexity index is 1640. The summed E-state index contributed by atoms with van der Waals surface area (Å²) < 4.78 is 1.97. The van der Waals surface area contributed by atoms with E-state index >= 15 is 0 Å². The molecule has 2 aliphatic rings. The van der Waals surface area contributed by atoms with Gasteiger partial charge in [-0.2, -0.15) is 5.10 Å². The first-order chi connectivity index (χ1) is 17.2. The second kappa shape index (κ2) is 7.31. The molecule has 1 unspecified atom stereocenters. The molecule has 4 aromatic carbocycles. The first-order valence-electron chi connectivity index (χ1n) is 12.1. The van der Waals surface area contributed by atoms with Crippen LogP contribution in [0.3, 0.4) is 0 Å². The zero-order valence-corrected chi connectivity index (χ0v) is 19.4. The van der Waals surface area contributed by atoms with Crippen LogP contribution in [0.2, 0.25) is 0 Å². The van der Waals surface area contributed by atoms with E-state index in [1.807, 2.05) is 53.2 Å². The summed E-state index contributed by atoms with van der Waals surface area (Å²) in [5, 5.41) is 14.2. The molecule has 2 aliphatic heterocycles. The average Bonchev–Trinajstić information content (AvgIpc) is 3.40. The molecule has 1 spiro atoms. The van der Waals surface area contributed by atoms with E-state index in [1.165, 1.54) is 0 Å². The molecule has 1 amide bonds. The van der Waals surface area contributed by atoms with Crippen molar-refractivity contribution < 1.29 is 4.79 Å². The summed E-state index contributed by atoms with van der Waals surface area (Å²) >= 11 is 0. The van der Waals surface area contributed by atoms with Gasteiger partial charge in [0.15, 0.2) is 0 Å². The van der Waals surface area contributed by atoms with E-state index in [2.05, 4.69) is 60.0 Å². The Kier molecular flexibility index (Phi) is 4.18. The molecule has 0 saturated heterocycles. The van der Waals surface area contributed by atoms with Gasteiger partial charge in [0.25, 0.3) is 0 Å². The maximum absolute atomic E-state index is 14.3. The van der Waals surface area contributed by atoms with Crippen molar-refractivity contribution in [1.29, 1.82) is 0 Å². The van der Waals surface area contributed by atoms with Crippen molar-refractivity contribution in [2.45, 2.75) is 25.2 Å². The number of hydrogen-bond acceptors (Lipinski definition) is 3. The van der Waals surface area contributed by atoms with Crippen LogP contribution in [0.4, 0.5) is 17.2 Å². The lowest BCUT2D eigenvalue weighted by atomic mass is 9.66. The van der Waals surface area contributed by atoms with E-state index in [1.54, 1.807) is 0 Å². The minimum Gasteiger partial charge on any atom is -0.340 e. The molecule has 0 bridgehead atoms. The molecule has 5 nitrogen and oxygen atoms in total. The molecule has 170 valence electrons. The Hall–Kier alpha value is -4.38. The van der Waals surface area contributed by atoms with Crippen molar-refractivity contribution in [1.82, 2.24) is 9.78 Å². The van der Waals surface area contributed by atoms with Crippen molar-refractivity contribution in [3.05, 3.63) is 113 Å². The zero-order valence-electron chi connectivity index (χ0n) is 19.4. The van der Waals surface area contributed by atoms with Crippen molar-refractivity contribution in [3.63, 3.8) is 0 Å². The molecule has 7 rings (SSSR count). The van der Waals surface area contributed by atoms with Crippen LogP contribution in [0, 0.1) is 0 Å². The molecule has 0 radical (unpaired) electrons. The highest BCUT2D eigenvalue weighted by atomic mass is 16.2. The van der Waals surface area contributed by atoms with E-state index in [0.29, 0.717) is 0 Å². The fourth-order valence-electron chi connectivity index (χ4n) is 5.93. The molecular weight excluding hydrogens is 432 g/mol. The molecule has 0 saturated carbocycles. The van der Waals surface area contributed by atoms with Gasteiger partial charge in [-0.15, -0.1) is 0 Å². The van der Waals surface area contributed by atoms with Gasteiger partial charge in [0.2, 0.25) is 5.91 Å². The standard InChI is InChI=1S/C30H24N4O/c1-2-10-25-27-28(34(33-25)20-12-4-3-5-13-20)31-24-18-17-19-11-6-7-14-21(19)26(24)30(27)22-15-8-9-16-23(22)32-29(30)35/h3-9,11-18,31H,2,10H2,1H3,(H,32,35). The van der Waals surface area contributed by atoms with Crippen LogP contribution in [0.1, 0.15) is 35.7 Å². The maximum Gasteiger partial charge on any atom is 0.244 e. The zero-order chi connectivity index (χ0) is 23.6. The van der Waals surface area contributed by atoms with Gasteiger partial charge in [0.1, 0.15) is 11.2 Å². The Morgan fingerprint density at radius 1 is 0.800 bits per heavy atom. The number of benzene rings is 4. The van der Waals surface area contributed by atoms with Crippen molar-refractivity contribution in [2.24, 2.45) is 0 Å². The van der Waals surface area contributed by atoms with Gasteiger partial charge in [0.05, 0.1) is 11.4 Å². The van der Waals surface area contributed by atoms with Crippen molar-refractivity contribution in [3.8, 4) is 5.69 Å². The average molecular weight is 457 g/mol. The number of para-hydroxylation sites is 2. The minimum atomic E-state index is -0.995. The molecule has 5 aromatic rings. The first-order valence-corrected chi connectivity index (χ1v) is 12.1. The summed E-state index contributed by atoms with van der Waals surface area (Å²) in [7, 11) is 0. The summed E-state index contributed by atoms with van der Waals surface area (Å²) in [6.45, 7) is 2.16. The maximum atomic E-state index is 14.3.